The molecule has 1 saturated heterocycles. The molecule has 2 aliphatic rings. The van der Waals surface area contributed by atoms with Gasteiger partial charge in [-0.3, -0.25) is 18.4 Å². The molecule has 2 N–H and O–H groups in total. The molecule has 0 spiro atoms. The van der Waals surface area contributed by atoms with Crippen molar-refractivity contribution < 1.29 is 32.2 Å². The summed E-state index contributed by atoms with van der Waals surface area (Å²) < 4.78 is 46.2. The minimum absolute atomic E-state index is 0.138. The van der Waals surface area contributed by atoms with Gasteiger partial charge in [0, 0.05) is 0 Å². The zero-order valence-electron chi connectivity index (χ0n) is 30.5. The first-order chi connectivity index (χ1) is 24.8. The van der Waals surface area contributed by atoms with Crippen LogP contribution in [0.3, 0.4) is 0 Å². The Bertz CT molecular complexity index is 2050. The average molecular weight is 734 g/mol. The van der Waals surface area contributed by atoms with Gasteiger partial charge in [-0.15, -0.1) is 10.2 Å². The van der Waals surface area contributed by atoms with Crippen molar-refractivity contribution >= 4 is 39.5 Å². The van der Waals surface area contributed by atoms with Gasteiger partial charge in [0.15, 0.2) is 17.2 Å². The van der Waals surface area contributed by atoms with E-state index >= 15 is 0 Å². The molecule has 15 heteroatoms. The molecule has 0 saturated carbocycles. The number of likely N-dealkylation sites (tertiary alicyclic amines) is 1. The van der Waals surface area contributed by atoms with Crippen LogP contribution in [0, 0.1) is 0 Å². The summed E-state index contributed by atoms with van der Waals surface area (Å²) in [6, 6.07) is 14.7. The smallest absolute Gasteiger partial charge is 0.319 e. The lowest BCUT2D eigenvalue weighted by Crippen LogP contribution is -2.36. The number of nitrogens with one attached hydrogen (secondary N) is 2. The summed E-state index contributed by atoms with van der Waals surface area (Å²) in [6.45, 7) is 6.94. The fourth-order valence-corrected chi connectivity index (χ4v) is 8.01. The number of sulfonamides is 1. The van der Waals surface area contributed by atoms with E-state index < -0.39 is 21.5 Å². The van der Waals surface area contributed by atoms with E-state index in [1.54, 1.807) is 12.1 Å². The number of nitrogens with zero attached hydrogens (tertiary/aromatic N) is 5. The minimum atomic E-state index is -3.83. The zero-order chi connectivity index (χ0) is 37.2. The van der Waals surface area contributed by atoms with Gasteiger partial charge in [-0.05, 0) is 85.6 Å². The first-order valence-corrected chi connectivity index (χ1v) is 19.3. The molecule has 1 aliphatic heterocycles. The Hall–Kier alpha value is -4.89. The summed E-state index contributed by atoms with van der Waals surface area (Å²) in [6.07, 6.45) is 6.22. The van der Waals surface area contributed by atoms with Gasteiger partial charge in [0.05, 0.1) is 49.6 Å². The quantitative estimate of drug-likeness (QED) is 0.140. The summed E-state index contributed by atoms with van der Waals surface area (Å²) in [5, 5.41) is 14.9. The Morgan fingerprint density at radius 1 is 1.08 bits per heavy atom. The van der Waals surface area contributed by atoms with E-state index in [0.29, 0.717) is 24.3 Å². The summed E-state index contributed by atoms with van der Waals surface area (Å²) >= 11 is 0. The first-order valence-electron chi connectivity index (χ1n) is 17.4. The van der Waals surface area contributed by atoms with E-state index in [0.717, 1.165) is 58.1 Å². The van der Waals surface area contributed by atoms with Crippen molar-refractivity contribution in [2.24, 2.45) is 0 Å². The number of amides is 2. The van der Waals surface area contributed by atoms with Crippen LogP contribution in [0.25, 0.3) is 5.65 Å². The molecule has 3 atom stereocenters. The number of benzene rings is 2. The number of urea groups is 1. The predicted octanol–water partition coefficient (Wildman–Crippen LogP) is 5.52. The molecular weight excluding hydrogens is 687 g/mol. The molecule has 4 aromatic rings. The van der Waals surface area contributed by atoms with E-state index in [4.69, 9.17) is 14.2 Å². The van der Waals surface area contributed by atoms with Crippen LogP contribution in [0.4, 0.5) is 16.2 Å². The van der Waals surface area contributed by atoms with Gasteiger partial charge in [0.2, 0.25) is 10.0 Å². The lowest BCUT2D eigenvalue weighted by molar-refractivity contribution is -0.128. The van der Waals surface area contributed by atoms with Crippen LogP contribution in [0.5, 0.6) is 11.5 Å². The molecule has 1 aliphatic carbocycles. The number of methoxy groups -OCH3 is 1. The number of anilines is 2. The highest BCUT2D eigenvalue weighted by atomic mass is 32.2. The molecule has 1 fully saturated rings. The summed E-state index contributed by atoms with van der Waals surface area (Å²) in [5.74, 6) is 1.78. The van der Waals surface area contributed by atoms with E-state index in [-0.39, 0.29) is 49.2 Å². The van der Waals surface area contributed by atoms with E-state index in [2.05, 4.69) is 32.8 Å². The highest BCUT2D eigenvalue weighted by molar-refractivity contribution is 7.92. The van der Waals surface area contributed by atoms with Crippen molar-refractivity contribution in [1.29, 1.82) is 0 Å². The number of rotatable bonds is 12. The monoisotopic (exact) mass is 733 g/mol. The van der Waals surface area contributed by atoms with Crippen LogP contribution in [0.2, 0.25) is 0 Å². The number of hydrogen-bond donors (Lipinski definition) is 2. The summed E-state index contributed by atoms with van der Waals surface area (Å²) in [4.78, 5) is 26.8. The van der Waals surface area contributed by atoms with E-state index in [9.17, 15) is 18.0 Å². The van der Waals surface area contributed by atoms with E-state index in [1.807, 2.05) is 67.8 Å². The van der Waals surface area contributed by atoms with Crippen LogP contribution >= 0.6 is 0 Å². The maximum atomic E-state index is 13.7. The molecule has 3 heterocycles. The second-order valence-electron chi connectivity index (χ2n) is 14.4. The lowest BCUT2D eigenvalue weighted by atomic mass is 9.85. The van der Waals surface area contributed by atoms with Gasteiger partial charge in [0.25, 0.3) is 6.47 Å². The number of aromatic nitrogens is 3. The van der Waals surface area contributed by atoms with Crippen LogP contribution in [-0.2, 0) is 25.0 Å². The average Bonchev–Trinajstić information content (AvgIpc) is 3.71. The fourth-order valence-electron chi connectivity index (χ4n) is 7.11. The first kappa shape index (κ1) is 36.9. The highest BCUT2D eigenvalue weighted by Crippen LogP contribution is 2.43. The third-order valence-corrected chi connectivity index (χ3v) is 11.0. The fraction of sp³-hybridized carbons (Fsp3) is 0.459. The molecule has 14 nitrogen and oxygen atoms in total. The van der Waals surface area contributed by atoms with Crippen molar-refractivity contribution in [3.05, 3.63) is 77.2 Å². The molecule has 2 amide bonds. The molecule has 278 valence electrons. The normalized spacial score (nSPS) is 19.2. The molecule has 0 bridgehead atoms. The topological polar surface area (TPSA) is 157 Å². The molecule has 2 aromatic heterocycles. The molecule has 6 rings (SSSR count). The third-order valence-electron chi connectivity index (χ3n) is 9.78. The predicted molar refractivity (Wildman–Crippen MR) is 197 cm³/mol. The van der Waals surface area contributed by atoms with Gasteiger partial charge >= 0.3 is 6.03 Å². The maximum Gasteiger partial charge on any atom is 0.319 e. The lowest BCUT2D eigenvalue weighted by Gasteiger charge is -2.32. The van der Waals surface area contributed by atoms with Crippen LogP contribution in [0.1, 0.15) is 87.2 Å². The molecule has 0 unspecified atom stereocenters. The third kappa shape index (κ3) is 7.80. The van der Waals surface area contributed by atoms with Crippen molar-refractivity contribution in [2.45, 2.75) is 70.1 Å². The van der Waals surface area contributed by atoms with Gasteiger partial charge in [-0.25, -0.2) is 13.2 Å². The van der Waals surface area contributed by atoms with Crippen molar-refractivity contribution in [3.8, 4) is 11.5 Å². The Labute approximate surface area is 304 Å². The Balaban J connectivity index is 1.23. The summed E-state index contributed by atoms with van der Waals surface area (Å²) in [7, 11) is -0.308. The molecular formula is C37H47N7O7S. The number of carbonyl (C=O) groups excluding carboxylic acids is 2. The van der Waals surface area contributed by atoms with Crippen LogP contribution in [0.15, 0.2) is 54.7 Å². The van der Waals surface area contributed by atoms with Crippen molar-refractivity contribution in [2.75, 3.05) is 49.7 Å². The second-order valence-corrected chi connectivity index (χ2v) is 16.3. The molecule has 0 radical (unpaired) electrons. The zero-order valence-corrected chi connectivity index (χ0v) is 31.3. The van der Waals surface area contributed by atoms with Crippen LogP contribution in [-0.4, -0.2) is 80.5 Å². The second kappa shape index (κ2) is 15.0. The maximum absolute atomic E-state index is 13.7. The number of hydrogen-bond acceptors (Lipinski definition) is 10. The number of ether oxygens (including phenoxy) is 3. The van der Waals surface area contributed by atoms with Gasteiger partial charge in [-0.2, -0.15) is 0 Å². The van der Waals surface area contributed by atoms with Crippen molar-refractivity contribution in [3.63, 3.8) is 0 Å². The van der Waals surface area contributed by atoms with Gasteiger partial charge < -0.3 is 24.8 Å². The number of fused-ring (bicyclic) bond motifs is 2. The van der Waals surface area contributed by atoms with Gasteiger partial charge in [-0.1, -0.05) is 45.0 Å². The Kier molecular flexibility index (Phi) is 10.6. The largest absolute Gasteiger partial charge is 0.492 e. The van der Waals surface area contributed by atoms with E-state index in [1.165, 1.54) is 7.11 Å². The minimum Gasteiger partial charge on any atom is -0.492 e. The molecule has 2 aromatic carbocycles. The Morgan fingerprint density at radius 2 is 1.85 bits per heavy atom. The Morgan fingerprint density at radius 3 is 2.52 bits per heavy atom. The van der Waals surface area contributed by atoms with Gasteiger partial charge in [0.1, 0.15) is 18.5 Å². The van der Waals surface area contributed by atoms with Crippen LogP contribution < -0.4 is 24.4 Å². The van der Waals surface area contributed by atoms with Crippen molar-refractivity contribution in [1.82, 2.24) is 24.8 Å². The highest BCUT2D eigenvalue weighted by Gasteiger charge is 2.32. The summed E-state index contributed by atoms with van der Waals surface area (Å²) in [5.41, 5.74) is 3.56. The number of carbonyl (C=O) groups is 2. The standard InChI is InChI=1S/C37H47N7O7S/c1-37(2,3)24-20-29(34(49-5)31(21-24)44(52(6,47)48)18-19-50-23-45)39-36(46)38-28-14-15-32(27-11-8-7-10-26(27)28)51-25-13-16-33-40-41-35(43(33)22-25)30-12-9-17-42(30)4/h7-8,10-11,13,16,20-23,28,30,32H,9,12,14-15,17-19H2,1-6H3,(H2,38,39,46)/t28-,30-,32+/m0/s1. The SMILES string of the molecule is COc1c(NC(=O)N[C@H]2CC[C@@H](Oc3ccc4nnc([C@@H]5CCCN5C)n4c3)c3ccccc32)cc(C(C)(C)C)cc1N(CCOC=O)S(C)(=O)=O. The number of pyridine rings is 1. The molecule has 52 heavy (non-hydrogen) atoms.